The number of carbonyl (C=O) groups is 2. The van der Waals surface area contributed by atoms with Crippen LogP contribution in [0.1, 0.15) is 21.7 Å². The Kier molecular flexibility index (Phi) is 7.58. The number of nitrogens with one attached hydrogen (secondary N) is 1. The fourth-order valence-corrected chi connectivity index (χ4v) is 4.46. The van der Waals surface area contributed by atoms with E-state index in [-0.39, 0.29) is 28.6 Å². The van der Waals surface area contributed by atoms with Crippen LogP contribution in [0.4, 0.5) is 14.6 Å². The van der Waals surface area contributed by atoms with E-state index in [4.69, 9.17) is 26.5 Å². The molecule has 1 fully saturated rings. The van der Waals surface area contributed by atoms with Crippen LogP contribution in [0, 0.1) is 11.6 Å². The Labute approximate surface area is 227 Å². The largest absolute Gasteiger partial charge is 0.458 e. The van der Waals surface area contributed by atoms with Gasteiger partial charge in [-0.25, -0.2) is 13.8 Å². The Bertz CT molecular complexity index is 1580. The lowest BCUT2D eigenvalue weighted by Crippen LogP contribution is -2.41. The lowest BCUT2D eigenvalue weighted by molar-refractivity contribution is -0.116. The van der Waals surface area contributed by atoms with Crippen LogP contribution in [-0.2, 0) is 16.1 Å². The fraction of sp³-hybridized carbons (Fsp3) is 0.179. The maximum Gasteiger partial charge on any atom is 0.257 e. The lowest BCUT2D eigenvalue weighted by Gasteiger charge is -2.27. The second-order valence-corrected chi connectivity index (χ2v) is 9.28. The molecular weight excluding hydrogens is 530 g/mol. The van der Waals surface area contributed by atoms with Gasteiger partial charge in [-0.1, -0.05) is 11.6 Å². The summed E-state index contributed by atoms with van der Waals surface area (Å²) in [5.41, 5.74) is 6.53. The average molecular weight is 553 g/mol. The van der Waals surface area contributed by atoms with Gasteiger partial charge in [0.05, 0.1) is 30.3 Å². The lowest BCUT2D eigenvalue weighted by atomic mass is 10.0. The smallest absolute Gasteiger partial charge is 0.257 e. The molecule has 200 valence electrons. The monoisotopic (exact) mass is 552 g/mol. The highest BCUT2D eigenvalue weighted by molar-refractivity contribution is 6.35. The third-order valence-corrected chi connectivity index (χ3v) is 6.47. The molecule has 0 atom stereocenters. The molecule has 0 spiro atoms. The normalized spacial score (nSPS) is 13.8. The highest BCUT2D eigenvalue weighted by Gasteiger charge is 2.24. The van der Waals surface area contributed by atoms with Gasteiger partial charge in [0, 0.05) is 36.3 Å². The molecule has 2 amide bonds. The minimum absolute atomic E-state index is 0.0480. The summed E-state index contributed by atoms with van der Waals surface area (Å²) in [5, 5.41) is 3.43. The molecule has 1 aliphatic heterocycles. The van der Waals surface area contributed by atoms with Crippen molar-refractivity contribution < 1.29 is 27.5 Å². The SMILES string of the molecule is Nc1ccc(C=CC(=O)NCc2cc3cc(-c4cc(F)c(C(=O)N5CCOCC5)cc4F)cc(Cl)c3o2)cn1. The van der Waals surface area contributed by atoms with Gasteiger partial charge in [-0.3, -0.25) is 9.59 Å². The van der Waals surface area contributed by atoms with E-state index in [9.17, 15) is 14.0 Å². The van der Waals surface area contributed by atoms with Gasteiger partial charge >= 0.3 is 0 Å². The van der Waals surface area contributed by atoms with Crippen LogP contribution < -0.4 is 11.1 Å². The summed E-state index contributed by atoms with van der Waals surface area (Å²) < 4.78 is 41.0. The van der Waals surface area contributed by atoms with Crippen molar-refractivity contribution in [3.05, 3.63) is 88.3 Å². The van der Waals surface area contributed by atoms with Gasteiger partial charge < -0.3 is 25.1 Å². The van der Waals surface area contributed by atoms with Crippen molar-refractivity contribution in [2.75, 3.05) is 32.0 Å². The number of nitrogen functional groups attached to an aromatic ring is 1. The Balaban J connectivity index is 1.32. The number of fused-ring (bicyclic) bond motifs is 1. The molecule has 0 radical (unpaired) electrons. The van der Waals surface area contributed by atoms with Crippen molar-refractivity contribution in [3.63, 3.8) is 0 Å². The Morgan fingerprint density at radius 1 is 1.10 bits per heavy atom. The zero-order valence-electron chi connectivity index (χ0n) is 20.5. The molecular formula is C28H23ClF2N4O4. The van der Waals surface area contributed by atoms with Crippen LogP contribution in [0.5, 0.6) is 0 Å². The van der Waals surface area contributed by atoms with Crippen molar-refractivity contribution >= 4 is 46.3 Å². The van der Waals surface area contributed by atoms with Crippen molar-refractivity contribution in [1.29, 1.82) is 0 Å². The number of anilines is 1. The van der Waals surface area contributed by atoms with Crippen molar-refractivity contribution in [1.82, 2.24) is 15.2 Å². The maximum absolute atomic E-state index is 15.1. The van der Waals surface area contributed by atoms with Gasteiger partial charge in [0.25, 0.3) is 5.91 Å². The molecule has 3 N–H and O–H groups in total. The Hall–Kier alpha value is -4.28. The number of carbonyl (C=O) groups excluding carboxylic acids is 2. The van der Waals surface area contributed by atoms with E-state index in [1.165, 1.54) is 17.0 Å². The number of nitrogens with two attached hydrogens (primary N) is 1. The molecule has 0 saturated carbocycles. The molecule has 2 aromatic heterocycles. The van der Waals surface area contributed by atoms with E-state index in [0.29, 0.717) is 60.0 Å². The quantitative estimate of drug-likeness (QED) is 0.332. The van der Waals surface area contributed by atoms with Gasteiger partial charge in [-0.05, 0) is 59.7 Å². The first-order chi connectivity index (χ1) is 18.8. The van der Waals surface area contributed by atoms with E-state index in [1.807, 2.05) is 0 Å². The number of nitrogens with zero attached hydrogens (tertiary/aromatic N) is 2. The number of ether oxygens (including phenoxy) is 1. The van der Waals surface area contributed by atoms with Crippen LogP contribution in [-0.4, -0.2) is 48.0 Å². The standard InChI is InChI=1S/C28H23ClF2N4O4/c29-22-11-17(20-12-24(31)21(13-23(20)30)28(37)35-5-7-38-8-6-35)9-18-10-19(39-27(18)22)15-34-26(36)4-2-16-1-3-25(32)33-14-16/h1-4,9-14H,5-8,15H2,(H2,32,33)(H,34,36). The van der Waals surface area contributed by atoms with Crippen LogP contribution in [0.15, 0.2) is 59.2 Å². The minimum atomic E-state index is -0.836. The van der Waals surface area contributed by atoms with Crippen molar-refractivity contribution in [2.45, 2.75) is 6.54 Å². The van der Waals surface area contributed by atoms with E-state index >= 15 is 4.39 Å². The number of rotatable bonds is 6. The highest BCUT2D eigenvalue weighted by atomic mass is 35.5. The van der Waals surface area contributed by atoms with Gasteiger partial charge in [-0.15, -0.1) is 0 Å². The predicted molar refractivity (Wildman–Crippen MR) is 143 cm³/mol. The Morgan fingerprint density at radius 2 is 1.90 bits per heavy atom. The molecule has 2 aromatic carbocycles. The first kappa shape index (κ1) is 26.3. The maximum atomic E-state index is 15.1. The molecule has 11 heteroatoms. The minimum Gasteiger partial charge on any atom is -0.458 e. The number of hydrogen-bond acceptors (Lipinski definition) is 6. The average Bonchev–Trinajstić information content (AvgIpc) is 3.36. The third kappa shape index (κ3) is 5.92. The summed E-state index contributed by atoms with van der Waals surface area (Å²) in [7, 11) is 0. The Morgan fingerprint density at radius 3 is 2.64 bits per heavy atom. The molecule has 1 saturated heterocycles. The predicted octanol–water partition coefficient (Wildman–Crippen LogP) is 4.81. The first-order valence-electron chi connectivity index (χ1n) is 12.0. The number of pyridine rings is 1. The van der Waals surface area contributed by atoms with Gasteiger partial charge in [0.1, 0.15) is 23.2 Å². The number of morpholine rings is 1. The van der Waals surface area contributed by atoms with Crippen LogP contribution in [0.2, 0.25) is 5.02 Å². The second-order valence-electron chi connectivity index (χ2n) is 8.87. The van der Waals surface area contributed by atoms with E-state index in [2.05, 4.69) is 10.3 Å². The zero-order valence-corrected chi connectivity index (χ0v) is 21.3. The second kappa shape index (κ2) is 11.2. The molecule has 4 aromatic rings. The topological polar surface area (TPSA) is 111 Å². The number of hydrogen-bond donors (Lipinski definition) is 2. The fourth-order valence-electron chi connectivity index (χ4n) is 4.20. The molecule has 1 aliphatic rings. The van der Waals surface area contributed by atoms with Crippen LogP contribution in [0.3, 0.4) is 0 Å². The summed E-state index contributed by atoms with van der Waals surface area (Å²) in [6.07, 6.45) is 4.49. The molecule has 5 rings (SSSR count). The van der Waals surface area contributed by atoms with E-state index < -0.39 is 17.5 Å². The van der Waals surface area contributed by atoms with E-state index in [0.717, 1.165) is 12.1 Å². The summed E-state index contributed by atoms with van der Waals surface area (Å²) in [4.78, 5) is 30.3. The number of benzene rings is 2. The summed E-state index contributed by atoms with van der Waals surface area (Å²) in [6.45, 7) is 1.40. The zero-order chi connectivity index (χ0) is 27.5. The highest BCUT2D eigenvalue weighted by Crippen LogP contribution is 2.35. The van der Waals surface area contributed by atoms with E-state index in [1.54, 1.807) is 36.5 Å². The van der Waals surface area contributed by atoms with Crippen molar-refractivity contribution in [3.8, 4) is 11.1 Å². The number of furan rings is 1. The number of amides is 2. The summed E-state index contributed by atoms with van der Waals surface area (Å²) in [5.74, 6) is -1.75. The molecule has 0 bridgehead atoms. The number of halogens is 3. The van der Waals surface area contributed by atoms with Gasteiger partial charge in [-0.2, -0.15) is 0 Å². The molecule has 3 heterocycles. The van der Waals surface area contributed by atoms with Gasteiger partial charge in [0.2, 0.25) is 5.91 Å². The van der Waals surface area contributed by atoms with Gasteiger partial charge in [0.15, 0.2) is 5.58 Å². The van der Waals surface area contributed by atoms with Crippen LogP contribution in [0.25, 0.3) is 28.2 Å². The summed E-state index contributed by atoms with van der Waals surface area (Å²) >= 11 is 6.40. The van der Waals surface area contributed by atoms with Crippen molar-refractivity contribution in [2.24, 2.45) is 0 Å². The first-order valence-corrected chi connectivity index (χ1v) is 12.4. The summed E-state index contributed by atoms with van der Waals surface area (Å²) in [6, 6.07) is 9.98. The molecule has 0 aliphatic carbocycles. The molecule has 8 nitrogen and oxygen atoms in total. The molecule has 39 heavy (non-hydrogen) atoms. The number of aromatic nitrogens is 1. The van der Waals surface area contributed by atoms with Crippen LogP contribution >= 0.6 is 11.6 Å². The molecule has 0 unspecified atom stereocenters. The third-order valence-electron chi connectivity index (χ3n) is 6.19.